The molecule has 0 bridgehead atoms. The quantitative estimate of drug-likeness (QED) is 0.396. The third kappa shape index (κ3) is 4.10. The molecule has 13 heteroatoms. The molecule has 0 amide bonds. The van der Waals surface area contributed by atoms with E-state index in [0.717, 1.165) is 24.1 Å². The Morgan fingerprint density at radius 1 is 1.09 bits per heavy atom. The number of fused-ring (bicyclic) bond motifs is 1. The Balaban J connectivity index is 1.81. The number of rotatable bonds is 6. The average molecular weight is 462 g/mol. The van der Waals surface area contributed by atoms with Crippen molar-refractivity contribution in [1.29, 1.82) is 0 Å². The molecule has 0 unspecified atom stereocenters. The maximum Gasteiger partial charge on any atom is 0.231 e. The molecule has 0 spiro atoms. The molecule has 10 nitrogen and oxygen atoms in total. The summed E-state index contributed by atoms with van der Waals surface area (Å²) in [5.41, 5.74) is 0.680. The van der Waals surface area contributed by atoms with Crippen molar-refractivity contribution in [2.24, 2.45) is 0 Å². The first kappa shape index (κ1) is 21.6. The van der Waals surface area contributed by atoms with E-state index in [0.29, 0.717) is 22.7 Å². The van der Waals surface area contributed by atoms with Gasteiger partial charge in [-0.25, -0.2) is 21.9 Å². The van der Waals surface area contributed by atoms with Crippen LogP contribution in [0.2, 0.25) is 0 Å². The fourth-order valence-electron chi connectivity index (χ4n) is 3.05. The summed E-state index contributed by atoms with van der Waals surface area (Å²) in [4.78, 5) is 8.24. The highest BCUT2D eigenvalue weighted by Crippen LogP contribution is 2.30. The van der Waals surface area contributed by atoms with Gasteiger partial charge in [0.05, 0.1) is 16.5 Å². The molecular weight excluding hydrogens is 442 g/mol. The van der Waals surface area contributed by atoms with Crippen molar-refractivity contribution >= 4 is 44.1 Å². The van der Waals surface area contributed by atoms with Crippen molar-refractivity contribution in [3.8, 4) is 0 Å². The summed E-state index contributed by atoms with van der Waals surface area (Å²) in [5.74, 6) is -1.49. The molecule has 0 aliphatic carbocycles. The van der Waals surface area contributed by atoms with E-state index in [1.165, 1.54) is 0 Å². The Labute approximate surface area is 182 Å². The molecule has 0 atom stereocenters. The van der Waals surface area contributed by atoms with Crippen LogP contribution in [-0.4, -0.2) is 44.6 Å². The van der Waals surface area contributed by atoms with Crippen LogP contribution in [0, 0.1) is 18.6 Å². The van der Waals surface area contributed by atoms with Crippen molar-refractivity contribution in [2.45, 2.75) is 31.7 Å². The SMILES string of the molecule is Cc1cc(Nc2nc(Nc3c(F)cc(S(C)(=O)=O)cc3F)nc3c2cnn3C(C)C)n[nH]1. The van der Waals surface area contributed by atoms with Crippen molar-refractivity contribution in [3.05, 3.63) is 41.7 Å². The number of nitrogens with zero attached hydrogens (tertiary/aromatic N) is 5. The van der Waals surface area contributed by atoms with Crippen molar-refractivity contribution in [3.63, 3.8) is 0 Å². The summed E-state index contributed by atoms with van der Waals surface area (Å²) in [6, 6.07) is 3.20. The van der Waals surface area contributed by atoms with Gasteiger partial charge in [0, 0.05) is 24.1 Å². The topological polar surface area (TPSA) is 130 Å². The Kier molecular flexibility index (Phi) is 5.28. The summed E-state index contributed by atoms with van der Waals surface area (Å²) in [7, 11) is -3.78. The second-order valence-electron chi connectivity index (χ2n) is 7.54. The number of hydrogen-bond donors (Lipinski definition) is 3. The first-order valence-electron chi connectivity index (χ1n) is 9.53. The Morgan fingerprint density at radius 2 is 1.78 bits per heavy atom. The molecule has 3 N–H and O–H groups in total. The zero-order chi connectivity index (χ0) is 23.2. The lowest BCUT2D eigenvalue weighted by Gasteiger charge is -2.12. The fourth-order valence-corrected chi connectivity index (χ4v) is 3.69. The summed E-state index contributed by atoms with van der Waals surface area (Å²) >= 11 is 0. The van der Waals surface area contributed by atoms with Crippen LogP contribution in [0.15, 0.2) is 29.3 Å². The van der Waals surface area contributed by atoms with E-state index < -0.39 is 32.1 Å². The molecule has 0 aliphatic heterocycles. The number of aryl methyl sites for hydroxylation is 1. The van der Waals surface area contributed by atoms with Gasteiger partial charge in [-0.15, -0.1) is 0 Å². The summed E-state index contributed by atoms with van der Waals surface area (Å²) in [6.07, 6.45) is 2.45. The van der Waals surface area contributed by atoms with Crippen LogP contribution >= 0.6 is 0 Å². The van der Waals surface area contributed by atoms with Gasteiger partial charge in [-0.2, -0.15) is 20.2 Å². The fraction of sp³-hybridized carbons (Fsp3) is 0.263. The number of aromatic nitrogens is 6. The van der Waals surface area contributed by atoms with E-state index in [1.807, 2.05) is 20.8 Å². The molecular formula is C19H20F2N8O2S. The van der Waals surface area contributed by atoms with E-state index in [2.05, 4.69) is 35.9 Å². The Hall–Kier alpha value is -3.61. The molecule has 4 rings (SSSR count). The minimum absolute atomic E-state index is 0.0433. The summed E-state index contributed by atoms with van der Waals surface area (Å²) < 4.78 is 54.1. The third-order valence-electron chi connectivity index (χ3n) is 4.58. The van der Waals surface area contributed by atoms with Crippen LogP contribution < -0.4 is 10.6 Å². The number of sulfone groups is 1. The smallest absolute Gasteiger partial charge is 0.231 e. The monoisotopic (exact) mass is 462 g/mol. The lowest BCUT2D eigenvalue weighted by Crippen LogP contribution is -2.09. The van der Waals surface area contributed by atoms with Gasteiger partial charge in [0.1, 0.15) is 11.5 Å². The summed E-state index contributed by atoms with van der Waals surface area (Å²) in [5, 5.41) is 17.4. The van der Waals surface area contributed by atoms with Gasteiger partial charge in [-0.3, -0.25) is 5.10 Å². The van der Waals surface area contributed by atoms with E-state index in [-0.39, 0.29) is 12.0 Å². The zero-order valence-corrected chi connectivity index (χ0v) is 18.4. The molecule has 0 fully saturated rings. The van der Waals surface area contributed by atoms with Crippen LogP contribution in [-0.2, 0) is 9.84 Å². The van der Waals surface area contributed by atoms with Gasteiger partial charge in [0.25, 0.3) is 0 Å². The second kappa shape index (κ2) is 7.82. The number of anilines is 4. The van der Waals surface area contributed by atoms with E-state index >= 15 is 0 Å². The maximum atomic E-state index is 14.6. The van der Waals surface area contributed by atoms with Crippen LogP contribution in [0.1, 0.15) is 25.6 Å². The molecule has 0 saturated heterocycles. The van der Waals surface area contributed by atoms with Crippen LogP contribution in [0.3, 0.4) is 0 Å². The van der Waals surface area contributed by atoms with E-state index in [1.54, 1.807) is 16.9 Å². The Bertz CT molecular complexity index is 1410. The minimum Gasteiger partial charge on any atom is -0.323 e. The van der Waals surface area contributed by atoms with E-state index in [9.17, 15) is 17.2 Å². The van der Waals surface area contributed by atoms with Crippen molar-refractivity contribution < 1.29 is 17.2 Å². The molecule has 0 aliphatic rings. The van der Waals surface area contributed by atoms with Crippen LogP contribution in [0.25, 0.3) is 11.0 Å². The van der Waals surface area contributed by atoms with Crippen molar-refractivity contribution in [1.82, 2.24) is 29.9 Å². The largest absolute Gasteiger partial charge is 0.323 e. The zero-order valence-electron chi connectivity index (χ0n) is 17.6. The average Bonchev–Trinajstić information content (AvgIpc) is 3.30. The summed E-state index contributed by atoms with van der Waals surface area (Å²) in [6.45, 7) is 5.66. The van der Waals surface area contributed by atoms with Crippen LogP contribution in [0.4, 0.5) is 32.1 Å². The predicted octanol–water partition coefficient (Wildman–Crippen LogP) is 3.61. The molecule has 3 aromatic heterocycles. The number of hydrogen-bond acceptors (Lipinski definition) is 8. The minimum atomic E-state index is -3.78. The molecule has 0 radical (unpaired) electrons. The van der Waals surface area contributed by atoms with Crippen LogP contribution in [0.5, 0.6) is 0 Å². The Morgan fingerprint density at radius 3 is 2.34 bits per heavy atom. The number of H-pyrrole nitrogens is 1. The molecule has 3 heterocycles. The number of aromatic amines is 1. The van der Waals surface area contributed by atoms with Gasteiger partial charge in [-0.1, -0.05) is 0 Å². The molecule has 168 valence electrons. The normalized spacial score (nSPS) is 12.0. The third-order valence-corrected chi connectivity index (χ3v) is 5.67. The van der Waals surface area contributed by atoms with Crippen molar-refractivity contribution in [2.75, 3.05) is 16.9 Å². The maximum absolute atomic E-state index is 14.6. The lowest BCUT2D eigenvalue weighted by atomic mass is 10.3. The lowest BCUT2D eigenvalue weighted by molar-refractivity contribution is 0.546. The molecule has 4 aromatic rings. The van der Waals surface area contributed by atoms with Gasteiger partial charge in [0.2, 0.25) is 5.95 Å². The standard InChI is InChI=1S/C19H20F2N8O2S/c1-9(2)29-18-12(8-22-29)17(23-15-5-10(3)27-28-15)25-19(26-18)24-16-13(20)6-11(7-14(16)21)32(4,30)31/h5-9H,1-4H3,(H3,23,24,25,26,27,28). The second-order valence-corrected chi connectivity index (χ2v) is 9.55. The highest BCUT2D eigenvalue weighted by molar-refractivity contribution is 7.90. The first-order valence-corrected chi connectivity index (χ1v) is 11.4. The first-order chi connectivity index (χ1) is 15.0. The van der Waals surface area contributed by atoms with E-state index in [4.69, 9.17) is 0 Å². The predicted molar refractivity (Wildman–Crippen MR) is 115 cm³/mol. The molecule has 0 saturated carbocycles. The highest BCUT2D eigenvalue weighted by Gasteiger charge is 2.20. The highest BCUT2D eigenvalue weighted by atomic mass is 32.2. The number of halogens is 2. The van der Waals surface area contributed by atoms with Gasteiger partial charge in [-0.05, 0) is 32.9 Å². The van der Waals surface area contributed by atoms with Gasteiger partial charge in [0.15, 0.2) is 32.9 Å². The molecule has 32 heavy (non-hydrogen) atoms. The van der Waals surface area contributed by atoms with Gasteiger partial charge < -0.3 is 10.6 Å². The van der Waals surface area contributed by atoms with Gasteiger partial charge >= 0.3 is 0 Å². The molecule has 1 aromatic carbocycles. The number of benzene rings is 1. The number of nitrogens with one attached hydrogen (secondary N) is 3.